The van der Waals surface area contributed by atoms with Crippen molar-refractivity contribution >= 4 is 51.6 Å². The van der Waals surface area contributed by atoms with Crippen molar-refractivity contribution in [2.75, 3.05) is 11.4 Å². The first-order valence-electron chi connectivity index (χ1n) is 11.6. The fourth-order valence-electron chi connectivity index (χ4n) is 4.64. The monoisotopic (exact) mass is 516 g/mol. The number of benzene rings is 3. The molecule has 186 valence electrons. The van der Waals surface area contributed by atoms with Gasteiger partial charge in [0.05, 0.1) is 17.0 Å². The maximum atomic E-state index is 13.7. The number of nitro benzene ring substituents is 1. The Labute approximate surface area is 216 Å². The molecule has 1 aromatic heterocycles. The first-order valence-corrected chi connectivity index (χ1v) is 11.9. The Morgan fingerprint density at radius 2 is 1.81 bits per heavy atom. The molecule has 1 atom stereocenters. The van der Waals surface area contributed by atoms with Crippen molar-refractivity contribution in [3.8, 4) is 0 Å². The molecule has 0 bridgehead atoms. The summed E-state index contributed by atoms with van der Waals surface area (Å²) in [5.41, 5.74) is 1.89. The number of halogens is 1. The lowest BCUT2D eigenvalue weighted by Gasteiger charge is -2.28. The fourth-order valence-corrected chi connectivity index (χ4v) is 4.82. The van der Waals surface area contributed by atoms with Gasteiger partial charge in [0.2, 0.25) is 5.91 Å². The van der Waals surface area contributed by atoms with Gasteiger partial charge < -0.3 is 9.88 Å². The first kappa shape index (κ1) is 24.2. The number of carbonyl (C=O) groups is 3. The number of fused-ring (bicyclic) bond motifs is 1. The molecular weight excluding hydrogens is 496 g/mol. The molecular formula is C27H21ClN4O5. The van der Waals surface area contributed by atoms with Gasteiger partial charge in [0.15, 0.2) is 0 Å². The molecule has 1 unspecified atom stereocenters. The second kappa shape index (κ2) is 9.87. The van der Waals surface area contributed by atoms with Crippen LogP contribution < -0.4 is 4.90 Å². The number of aromatic nitrogens is 1. The predicted octanol–water partition coefficient (Wildman–Crippen LogP) is 4.75. The van der Waals surface area contributed by atoms with Crippen LogP contribution in [0, 0.1) is 10.1 Å². The Hall–Kier alpha value is -4.50. The second-order valence-corrected chi connectivity index (χ2v) is 9.06. The predicted molar refractivity (Wildman–Crippen MR) is 138 cm³/mol. The molecule has 2 heterocycles. The summed E-state index contributed by atoms with van der Waals surface area (Å²) in [6.07, 6.45) is 2.05. The lowest BCUT2D eigenvalue weighted by molar-refractivity contribution is -0.384. The van der Waals surface area contributed by atoms with E-state index in [0.29, 0.717) is 12.1 Å². The molecule has 1 aliphatic heterocycles. The highest BCUT2D eigenvalue weighted by molar-refractivity contribution is 6.32. The Balaban J connectivity index is 1.50. The van der Waals surface area contributed by atoms with Gasteiger partial charge in [-0.2, -0.15) is 0 Å². The average molecular weight is 517 g/mol. The number of rotatable bonds is 7. The van der Waals surface area contributed by atoms with Crippen molar-refractivity contribution < 1.29 is 19.3 Å². The summed E-state index contributed by atoms with van der Waals surface area (Å²) in [5.74, 6) is -1.54. The number of para-hydroxylation sites is 2. The van der Waals surface area contributed by atoms with Crippen molar-refractivity contribution in [2.45, 2.75) is 18.9 Å². The Kier molecular flexibility index (Phi) is 6.45. The van der Waals surface area contributed by atoms with Gasteiger partial charge in [-0.15, -0.1) is 0 Å². The van der Waals surface area contributed by atoms with Gasteiger partial charge in [-0.3, -0.25) is 24.5 Å². The summed E-state index contributed by atoms with van der Waals surface area (Å²) in [6.45, 7) is 0.115. The standard InChI is InChI=1S/C27H21ClN4O5/c28-21-11-10-17(14-23(21)32(36)37)26(34)30(13-12-18-16-29-22-9-5-4-8-20(18)22)24-15-25(33)31(27(24)35)19-6-2-1-3-7-19/h1-11,14,16,24,29H,12-13,15H2. The largest absolute Gasteiger partial charge is 0.361 e. The molecule has 9 nitrogen and oxygen atoms in total. The normalized spacial score (nSPS) is 15.4. The lowest BCUT2D eigenvalue weighted by Crippen LogP contribution is -2.46. The van der Waals surface area contributed by atoms with Crippen LogP contribution in [0.2, 0.25) is 5.02 Å². The molecule has 0 saturated carbocycles. The number of nitrogens with zero attached hydrogens (tertiary/aromatic N) is 3. The van der Waals surface area contributed by atoms with Crippen molar-refractivity contribution in [3.63, 3.8) is 0 Å². The quantitative estimate of drug-likeness (QED) is 0.216. The number of amides is 3. The smallest absolute Gasteiger partial charge is 0.288 e. The van der Waals surface area contributed by atoms with Gasteiger partial charge >= 0.3 is 0 Å². The molecule has 10 heteroatoms. The third-order valence-corrected chi connectivity index (χ3v) is 6.78. The van der Waals surface area contributed by atoms with Crippen LogP contribution in [0.15, 0.2) is 79.0 Å². The van der Waals surface area contributed by atoms with E-state index in [0.717, 1.165) is 27.4 Å². The molecule has 37 heavy (non-hydrogen) atoms. The van der Waals surface area contributed by atoms with Crippen molar-refractivity contribution in [2.24, 2.45) is 0 Å². The topological polar surface area (TPSA) is 117 Å². The highest BCUT2D eigenvalue weighted by atomic mass is 35.5. The Bertz CT molecular complexity index is 1530. The molecule has 3 amide bonds. The number of H-pyrrole nitrogens is 1. The number of anilines is 1. The van der Waals surface area contributed by atoms with Crippen LogP contribution >= 0.6 is 11.6 Å². The van der Waals surface area contributed by atoms with Crippen LogP contribution in [0.25, 0.3) is 10.9 Å². The van der Waals surface area contributed by atoms with Crippen LogP contribution in [-0.4, -0.2) is 45.1 Å². The molecule has 5 rings (SSSR count). The summed E-state index contributed by atoms with van der Waals surface area (Å²) < 4.78 is 0. The third kappa shape index (κ3) is 4.56. The van der Waals surface area contributed by atoms with E-state index >= 15 is 0 Å². The average Bonchev–Trinajstić information content (AvgIpc) is 3.44. The van der Waals surface area contributed by atoms with E-state index in [1.165, 1.54) is 17.0 Å². The van der Waals surface area contributed by atoms with E-state index in [1.54, 1.807) is 30.3 Å². The molecule has 0 aliphatic carbocycles. The molecule has 1 N–H and O–H groups in total. The zero-order chi connectivity index (χ0) is 26.1. The number of nitrogens with one attached hydrogen (secondary N) is 1. The van der Waals surface area contributed by atoms with Crippen LogP contribution in [0.4, 0.5) is 11.4 Å². The first-order chi connectivity index (χ1) is 17.8. The summed E-state index contributed by atoms with van der Waals surface area (Å²) in [7, 11) is 0. The number of nitro groups is 1. The number of carbonyl (C=O) groups excluding carboxylic acids is 3. The van der Waals surface area contributed by atoms with Gasteiger partial charge in [0.1, 0.15) is 11.1 Å². The minimum atomic E-state index is -1.06. The van der Waals surface area contributed by atoms with Gasteiger partial charge in [0.25, 0.3) is 17.5 Å². The number of hydrogen-bond donors (Lipinski definition) is 1. The van der Waals surface area contributed by atoms with E-state index in [2.05, 4.69) is 4.98 Å². The molecule has 1 aliphatic rings. The van der Waals surface area contributed by atoms with Crippen LogP contribution in [0.5, 0.6) is 0 Å². The van der Waals surface area contributed by atoms with Gasteiger partial charge in [-0.05, 0) is 42.3 Å². The fraction of sp³-hybridized carbons (Fsp3) is 0.148. The van der Waals surface area contributed by atoms with E-state index in [-0.39, 0.29) is 23.6 Å². The molecule has 3 aromatic carbocycles. The second-order valence-electron chi connectivity index (χ2n) is 8.65. The van der Waals surface area contributed by atoms with E-state index in [1.807, 2.05) is 30.5 Å². The van der Waals surface area contributed by atoms with E-state index in [9.17, 15) is 24.5 Å². The molecule has 1 fully saturated rings. The van der Waals surface area contributed by atoms with Gasteiger partial charge in [-0.25, -0.2) is 4.90 Å². The maximum Gasteiger partial charge on any atom is 0.288 e. The number of hydrogen-bond acceptors (Lipinski definition) is 5. The molecule has 4 aromatic rings. The maximum absolute atomic E-state index is 13.7. The Morgan fingerprint density at radius 1 is 1.08 bits per heavy atom. The third-order valence-electron chi connectivity index (χ3n) is 6.46. The highest BCUT2D eigenvalue weighted by Gasteiger charge is 2.44. The zero-order valence-corrected chi connectivity index (χ0v) is 20.2. The van der Waals surface area contributed by atoms with Gasteiger partial charge in [0, 0.05) is 35.3 Å². The summed E-state index contributed by atoms with van der Waals surface area (Å²) >= 11 is 5.94. The molecule has 0 spiro atoms. The van der Waals surface area contributed by atoms with Crippen molar-refractivity contribution in [1.29, 1.82) is 0 Å². The highest BCUT2D eigenvalue weighted by Crippen LogP contribution is 2.30. The molecule has 0 radical (unpaired) electrons. The SMILES string of the molecule is O=C1CC(N(CCc2c[nH]c3ccccc23)C(=O)c2ccc(Cl)c([N+](=O)[O-])c2)C(=O)N1c1ccccc1. The van der Waals surface area contributed by atoms with E-state index < -0.39 is 34.4 Å². The number of imide groups is 1. The summed E-state index contributed by atoms with van der Waals surface area (Å²) in [6, 6.07) is 18.9. The van der Waals surface area contributed by atoms with Crippen LogP contribution in [-0.2, 0) is 16.0 Å². The van der Waals surface area contributed by atoms with Crippen molar-refractivity contribution in [3.05, 3.63) is 105 Å². The summed E-state index contributed by atoms with van der Waals surface area (Å²) in [5, 5.41) is 12.3. The van der Waals surface area contributed by atoms with Crippen molar-refractivity contribution in [1.82, 2.24) is 9.88 Å². The zero-order valence-electron chi connectivity index (χ0n) is 19.5. The summed E-state index contributed by atoms with van der Waals surface area (Å²) in [4.78, 5) is 56.4. The van der Waals surface area contributed by atoms with Crippen LogP contribution in [0.1, 0.15) is 22.3 Å². The number of aromatic amines is 1. The Morgan fingerprint density at radius 3 is 2.57 bits per heavy atom. The minimum Gasteiger partial charge on any atom is -0.361 e. The lowest BCUT2D eigenvalue weighted by atomic mass is 10.1. The van der Waals surface area contributed by atoms with Gasteiger partial charge in [-0.1, -0.05) is 48.0 Å². The molecule has 1 saturated heterocycles. The van der Waals surface area contributed by atoms with E-state index in [4.69, 9.17) is 11.6 Å². The minimum absolute atomic E-state index is 0.00781. The van der Waals surface area contributed by atoms with Crippen LogP contribution in [0.3, 0.4) is 0 Å².